The molecule has 1 saturated heterocycles. The number of likely N-dealkylation sites (tertiary alicyclic amines) is 1. The van der Waals surface area contributed by atoms with Gasteiger partial charge >= 0.3 is 0 Å². The molecule has 3 nitrogen and oxygen atoms in total. The number of ether oxygens (including phenoxy) is 1. The van der Waals surface area contributed by atoms with Crippen LogP contribution in [0.25, 0.3) is 10.4 Å². The first-order chi connectivity index (χ1) is 11.2. The fraction of sp³-hybridized carbons (Fsp3) is 0.421. The quantitative estimate of drug-likeness (QED) is 0.824. The number of aryl methyl sites for hydroxylation is 2. The second kappa shape index (κ2) is 6.00. The minimum Gasteiger partial charge on any atom is -0.493 e. The fourth-order valence-electron chi connectivity index (χ4n) is 3.41. The zero-order valence-corrected chi connectivity index (χ0v) is 14.2. The Morgan fingerprint density at radius 2 is 2.00 bits per heavy atom. The average molecular weight is 327 g/mol. The van der Waals surface area contributed by atoms with E-state index < -0.39 is 0 Å². The number of carbonyl (C=O) groups excluding carboxylic acids is 1. The Morgan fingerprint density at radius 3 is 2.83 bits per heavy atom. The molecule has 0 aliphatic carbocycles. The molecular formula is C19H21NO2S. The van der Waals surface area contributed by atoms with E-state index in [1.165, 1.54) is 16.0 Å². The summed E-state index contributed by atoms with van der Waals surface area (Å²) in [6, 6.07) is 8.56. The molecule has 0 bridgehead atoms. The van der Waals surface area contributed by atoms with E-state index in [1.54, 1.807) is 11.3 Å². The highest BCUT2D eigenvalue weighted by Crippen LogP contribution is 2.36. The Balaban J connectivity index is 1.65. The number of thiophene rings is 1. The maximum absolute atomic E-state index is 12.7. The molecule has 2 aliphatic heterocycles. The zero-order chi connectivity index (χ0) is 15.8. The van der Waals surface area contributed by atoms with Gasteiger partial charge in [-0.2, -0.15) is 0 Å². The summed E-state index contributed by atoms with van der Waals surface area (Å²) in [6.45, 7) is 4.67. The van der Waals surface area contributed by atoms with Crippen molar-refractivity contribution in [3.05, 3.63) is 40.3 Å². The first-order valence-electron chi connectivity index (χ1n) is 8.38. The highest BCUT2D eigenvalue weighted by molar-refractivity contribution is 7.17. The molecule has 3 heterocycles. The minimum absolute atomic E-state index is 0.206. The largest absolute Gasteiger partial charge is 0.493 e. The maximum Gasteiger partial charge on any atom is 0.264 e. The van der Waals surface area contributed by atoms with E-state index in [9.17, 15) is 4.79 Å². The van der Waals surface area contributed by atoms with Crippen LogP contribution in [0.3, 0.4) is 0 Å². The fourth-order valence-corrected chi connectivity index (χ4v) is 4.55. The van der Waals surface area contributed by atoms with Gasteiger partial charge in [0.1, 0.15) is 5.75 Å². The highest BCUT2D eigenvalue weighted by Gasteiger charge is 2.23. The Kier molecular flexibility index (Phi) is 3.85. The molecule has 120 valence electrons. The molecule has 4 heteroatoms. The van der Waals surface area contributed by atoms with Crippen molar-refractivity contribution >= 4 is 17.2 Å². The van der Waals surface area contributed by atoms with Gasteiger partial charge in [0, 0.05) is 18.0 Å². The number of carbonyl (C=O) groups is 1. The summed E-state index contributed by atoms with van der Waals surface area (Å²) < 4.78 is 5.69. The molecule has 0 spiro atoms. The monoisotopic (exact) mass is 327 g/mol. The third kappa shape index (κ3) is 2.76. The number of hydrogen-bond acceptors (Lipinski definition) is 3. The standard InChI is InChI=1S/C19H21NO2S/c1-13-11-17(23-18(13)19(21)20-8-2-3-9-20)15-6-7-16-14(12-15)5-4-10-22-16/h6-7,11-12H,2-5,8-10H2,1H3. The van der Waals surface area contributed by atoms with Crippen molar-refractivity contribution in [1.29, 1.82) is 0 Å². The highest BCUT2D eigenvalue weighted by atomic mass is 32.1. The van der Waals surface area contributed by atoms with Crippen LogP contribution in [0.1, 0.15) is 40.1 Å². The Morgan fingerprint density at radius 1 is 1.17 bits per heavy atom. The topological polar surface area (TPSA) is 29.5 Å². The van der Waals surface area contributed by atoms with Crippen LogP contribution in [-0.4, -0.2) is 30.5 Å². The van der Waals surface area contributed by atoms with Crippen LogP contribution >= 0.6 is 11.3 Å². The van der Waals surface area contributed by atoms with E-state index in [0.29, 0.717) is 0 Å². The van der Waals surface area contributed by atoms with Crippen molar-refractivity contribution in [3.8, 4) is 16.2 Å². The van der Waals surface area contributed by atoms with Crippen LogP contribution < -0.4 is 4.74 Å². The van der Waals surface area contributed by atoms with Gasteiger partial charge in [-0.05, 0) is 73.6 Å². The van der Waals surface area contributed by atoms with Crippen LogP contribution in [0.5, 0.6) is 5.75 Å². The van der Waals surface area contributed by atoms with Gasteiger partial charge in [-0.3, -0.25) is 4.79 Å². The van der Waals surface area contributed by atoms with Crippen LogP contribution in [0.4, 0.5) is 0 Å². The number of amides is 1. The van der Waals surface area contributed by atoms with Gasteiger partial charge in [0.2, 0.25) is 0 Å². The summed E-state index contributed by atoms with van der Waals surface area (Å²) in [5.41, 5.74) is 3.57. The molecule has 1 aromatic heterocycles. The second-order valence-corrected chi connectivity index (χ2v) is 7.45. The normalized spacial score (nSPS) is 17.0. The molecule has 2 aliphatic rings. The van der Waals surface area contributed by atoms with Crippen molar-refractivity contribution in [2.75, 3.05) is 19.7 Å². The van der Waals surface area contributed by atoms with Gasteiger partial charge in [-0.1, -0.05) is 0 Å². The van der Waals surface area contributed by atoms with Crippen LogP contribution in [0.2, 0.25) is 0 Å². The first kappa shape index (κ1) is 14.8. The van der Waals surface area contributed by atoms with Crippen molar-refractivity contribution in [2.24, 2.45) is 0 Å². The molecule has 4 rings (SSSR count). The molecule has 0 radical (unpaired) electrons. The molecule has 0 N–H and O–H groups in total. The minimum atomic E-state index is 0.206. The lowest BCUT2D eigenvalue weighted by Gasteiger charge is -2.17. The number of nitrogens with zero attached hydrogens (tertiary/aromatic N) is 1. The van der Waals surface area contributed by atoms with Crippen LogP contribution in [-0.2, 0) is 6.42 Å². The van der Waals surface area contributed by atoms with E-state index in [0.717, 1.165) is 61.6 Å². The average Bonchev–Trinajstić information content (AvgIpc) is 3.23. The third-order valence-corrected chi connectivity index (χ3v) is 5.97. The summed E-state index contributed by atoms with van der Waals surface area (Å²) in [7, 11) is 0. The van der Waals surface area contributed by atoms with Gasteiger partial charge in [0.15, 0.2) is 0 Å². The molecule has 1 amide bonds. The van der Waals surface area contributed by atoms with Gasteiger partial charge in [0.25, 0.3) is 5.91 Å². The summed E-state index contributed by atoms with van der Waals surface area (Å²) in [5, 5.41) is 0. The second-order valence-electron chi connectivity index (χ2n) is 6.40. The summed E-state index contributed by atoms with van der Waals surface area (Å²) in [5.74, 6) is 1.22. The van der Waals surface area contributed by atoms with E-state index in [2.05, 4.69) is 24.3 Å². The predicted molar refractivity (Wildman–Crippen MR) is 93.4 cm³/mol. The van der Waals surface area contributed by atoms with Crippen molar-refractivity contribution in [1.82, 2.24) is 4.90 Å². The number of rotatable bonds is 2. The lowest BCUT2D eigenvalue weighted by Crippen LogP contribution is -2.27. The smallest absolute Gasteiger partial charge is 0.264 e. The molecule has 1 aromatic carbocycles. The van der Waals surface area contributed by atoms with Gasteiger partial charge < -0.3 is 9.64 Å². The number of hydrogen-bond donors (Lipinski definition) is 0. The number of benzene rings is 1. The van der Waals surface area contributed by atoms with Gasteiger partial charge in [-0.15, -0.1) is 11.3 Å². The lowest BCUT2D eigenvalue weighted by molar-refractivity contribution is 0.0797. The molecule has 2 aromatic rings. The van der Waals surface area contributed by atoms with Gasteiger partial charge in [0.05, 0.1) is 11.5 Å². The molecular weight excluding hydrogens is 306 g/mol. The summed E-state index contributed by atoms with van der Waals surface area (Å²) >= 11 is 1.63. The van der Waals surface area contributed by atoms with Gasteiger partial charge in [-0.25, -0.2) is 0 Å². The van der Waals surface area contributed by atoms with Crippen LogP contribution in [0, 0.1) is 6.92 Å². The SMILES string of the molecule is Cc1cc(-c2ccc3c(c2)CCCO3)sc1C(=O)N1CCCC1. The first-order valence-corrected chi connectivity index (χ1v) is 9.20. The Labute approximate surface area is 140 Å². The molecule has 0 saturated carbocycles. The van der Waals surface area contributed by atoms with Crippen LogP contribution in [0.15, 0.2) is 24.3 Å². The summed E-state index contributed by atoms with van der Waals surface area (Å²) in [4.78, 5) is 16.7. The zero-order valence-electron chi connectivity index (χ0n) is 13.4. The summed E-state index contributed by atoms with van der Waals surface area (Å²) in [6.07, 6.45) is 4.42. The molecule has 0 atom stereocenters. The number of fused-ring (bicyclic) bond motifs is 1. The van der Waals surface area contributed by atoms with Crippen molar-refractivity contribution in [2.45, 2.75) is 32.6 Å². The molecule has 0 unspecified atom stereocenters. The van der Waals surface area contributed by atoms with E-state index in [-0.39, 0.29) is 5.91 Å². The van der Waals surface area contributed by atoms with E-state index in [4.69, 9.17) is 4.74 Å². The Hall–Kier alpha value is -1.81. The van der Waals surface area contributed by atoms with Crippen molar-refractivity contribution in [3.63, 3.8) is 0 Å². The van der Waals surface area contributed by atoms with E-state index in [1.807, 2.05) is 11.8 Å². The predicted octanol–water partition coefficient (Wildman–Crippen LogP) is 4.28. The molecule has 1 fully saturated rings. The maximum atomic E-state index is 12.7. The lowest BCUT2D eigenvalue weighted by atomic mass is 10.0. The Bertz CT molecular complexity index is 744. The third-order valence-electron chi connectivity index (χ3n) is 4.70. The van der Waals surface area contributed by atoms with Crippen molar-refractivity contribution < 1.29 is 9.53 Å². The molecule has 23 heavy (non-hydrogen) atoms. The van der Waals surface area contributed by atoms with E-state index >= 15 is 0 Å².